The molecule has 2 aliphatic heterocycles. The highest BCUT2D eigenvalue weighted by atomic mass is 16.5. The number of hydrogen-bond acceptors (Lipinski definition) is 6. The zero-order chi connectivity index (χ0) is 23.0. The predicted molar refractivity (Wildman–Crippen MR) is 123 cm³/mol. The molecule has 160 valence electrons. The van der Waals surface area contributed by atoms with Gasteiger partial charge in [0.25, 0.3) is 0 Å². The van der Waals surface area contributed by atoms with E-state index in [9.17, 15) is 15.3 Å². The van der Waals surface area contributed by atoms with Gasteiger partial charge in [-0.15, -0.1) is 0 Å². The number of pyridine rings is 1. The fraction of sp³-hybridized carbons (Fsp3) is 0.185. The number of carbonyl (C=O) groups excluding carboxylic acids is 1. The molecule has 2 aromatic carbocycles. The summed E-state index contributed by atoms with van der Waals surface area (Å²) in [5.41, 5.74) is 1.48. The lowest BCUT2D eigenvalue weighted by Crippen LogP contribution is -2.44. The van der Waals surface area contributed by atoms with Gasteiger partial charge in [0.15, 0.2) is 11.2 Å². The minimum Gasteiger partial charge on any atom is -0.497 e. The van der Waals surface area contributed by atoms with Gasteiger partial charge >= 0.3 is 0 Å². The molecule has 3 atom stereocenters. The molecule has 1 saturated heterocycles. The molecule has 0 unspecified atom stereocenters. The van der Waals surface area contributed by atoms with E-state index >= 15 is 0 Å². The monoisotopic (exact) mass is 432 g/mol. The van der Waals surface area contributed by atoms with Crippen molar-refractivity contribution in [3.05, 3.63) is 95.8 Å². The van der Waals surface area contributed by atoms with Gasteiger partial charge in [-0.1, -0.05) is 36.4 Å². The molecule has 33 heavy (non-hydrogen) atoms. The lowest BCUT2D eigenvalue weighted by molar-refractivity contribution is 0.0951. The highest BCUT2D eigenvalue weighted by Gasteiger charge is 2.63. The van der Waals surface area contributed by atoms with Crippen molar-refractivity contribution in [2.45, 2.75) is 18.0 Å². The van der Waals surface area contributed by atoms with Gasteiger partial charge in [0.2, 0.25) is 0 Å². The van der Waals surface area contributed by atoms with Crippen LogP contribution in [0.4, 0.5) is 5.69 Å². The molecular formula is C27H20N4O2. The van der Waals surface area contributed by atoms with E-state index in [0.717, 1.165) is 11.3 Å². The molecule has 0 radical (unpaired) electrons. The Bertz CT molecular complexity index is 1300. The molecule has 5 rings (SSSR count). The van der Waals surface area contributed by atoms with Crippen molar-refractivity contribution in [2.24, 2.45) is 5.41 Å². The van der Waals surface area contributed by atoms with Crippen LogP contribution in [0.1, 0.15) is 27.4 Å². The van der Waals surface area contributed by atoms with Crippen molar-refractivity contribution in [3.63, 3.8) is 0 Å². The molecule has 3 heterocycles. The van der Waals surface area contributed by atoms with E-state index in [4.69, 9.17) is 4.74 Å². The molecular weight excluding hydrogens is 412 g/mol. The highest BCUT2D eigenvalue weighted by molar-refractivity contribution is 6.04. The number of ether oxygens (including phenoxy) is 1. The van der Waals surface area contributed by atoms with Crippen LogP contribution >= 0.6 is 0 Å². The van der Waals surface area contributed by atoms with Crippen LogP contribution in [-0.4, -0.2) is 30.0 Å². The summed E-state index contributed by atoms with van der Waals surface area (Å²) in [7, 11) is 1.57. The first kappa shape index (κ1) is 20.5. The Morgan fingerprint density at radius 3 is 2.48 bits per heavy atom. The van der Waals surface area contributed by atoms with Gasteiger partial charge in [0.05, 0.1) is 25.3 Å². The number of para-hydroxylation sites is 1. The fourth-order valence-electron chi connectivity index (χ4n) is 5.09. The topological polar surface area (TPSA) is 90.0 Å². The number of fused-ring (bicyclic) bond motifs is 3. The van der Waals surface area contributed by atoms with Crippen LogP contribution in [0, 0.1) is 28.1 Å². The van der Waals surface area contributed by atoms with Crippen molar-refractivity contribution >= 4 is 17.5 Å². The number of carbonyl (C=O) groups is 1. The minimum absolute atomic E-state index is 0.158. The Labute approximate surface area is 192 Å². The molecule has 0 saturated carbocycles. The Morgan fingerprint density at radius 2 is 1.82 bits per heavy atom. The summed E-state index contributed by atoms with van der Waals surface area (Å²) in [6.45, 7) is 0. The summed E-state index contributed by atoms with van der Waals surface area (Å²) in [6, 6.07) is 21.5. The quantitative estimate of drug-likeness (QED) is 0.569. The van der Waals surface area contributed by atoms with Crippen molar-refractivity contribution in [1.82, 2.24) is 4.98 Å². The number of nitriles is 2. The second-order valence-electron chi connectivity index (χ2n) is 8.16. The zero-order valence-corrected chi connectivity index (χ0v) is 17.9. The van der Waals surface area contributed by atoms with Crippen LogP contribution in [0.2, 0.25) is 0 Å². The van der Waals surface area contributed by atoms with Crippen LogP contribution in [0.15, 0.2) is 79.1 Å². The number of benzene rings is 2. The maximum Gasteiger partial charge on any atom is 0.185 e. The average Bonchev–Trinajstić information content (AvgIpc) is 3.20. The summed E-state index contributed by atoms with van der Waals surface area (Å²) >= 11 is 0. The number of Topliss-reactive ketones (excluding diaryl/α,β-unsaturated/α-hetero) is 1. The molecule has 3 aromatic rings. The molecule has 0 aliphatic carbocycles. The van der Waals surface area contributed by atoms with E-state index in [1.54, 1.807) is 49.8 Å². The third kappa shape index (κ3) is 3.00. The molecule has 2 aliphatic rings. The summed E-state index contributed by atoms with van der Waals surface area (Å²) in [6.07, 6.45) is 7.10. The van der Waals surface area contributed by atoms with Gasteiger partial charge < -0.3 is 9.64 Å². The Hall–Kier alpha value is -4.42. The second-order valence-corrected chi connectivity index (χ2v) is 8.16. The minimum atomic E-state index is -1.47. The smallest absolute Gasteiger partial charge is 0.185 e. The molecule has 6 nitrogen and oxygen atoms in total. The molecule has 0 bridgehead atoms. The molecule has 0 spiro atoms. The van der Waals surface area contributed by atoms with Crippen LogP contribution in [0.25, 0.3) is 6.08 Å². The van der Waals surface area contributed by atoms with Gasteiger partial charge in [-0.3, -0.25) is 9.78 Å². The van der Waals surface area contributed by atoms with Crippen molar-refractivity contribution in [1.29, 1.82) is 10.5 Å². The average molecular weight is 432 g/mol. The summed E-state index contributed by atoms with van der Waals surface area (Å²) in [4.78, 5) is 20.3. The summed E-state index contributed by atoms with van der Waals surface area (Å²) in [5.74, 6) is -0.208. The van der Waals surface area contributed by atoms with E-state index < -0.39 is 23.4 Å². The number of aromatic nitrogens is 1. The standard InChI is InChI=1S/C27H20N4O2/c1-33-21-11-8-19(9-12-21)26(32)25-24(20-6-4-14-30-15-20)27(16-28,17-29)23-13-10-18-5-2-3-7-22(18)31(23)25/h2-15,23-25H,1H3/t23-,24-,25+/m0/s1. The van der Waals surface area contributed by atoms with E-state index in [1.165, 1.54) is 0 Å². The highest BCUT2D eigenvalue weighted by Crippen LogP contribution is 2.55. The normalized spacial score (nSPS) is 21.9. The number of anilines is 1. The zero-order valence-electron chi connectivity index (χ0n) is 17.9. The number of rotatable bonds is 4. The number of methoxy groups -OCH3 is 1. The lowest BCUT2D eigenvalue weighted by Gasteiger charge is -2.35. The third-order valence-corrected chi connectivity index (χ3v) is 6.60. The van der Waals surface area contributed by atoms with Crippen LogP contribution in [0.5, 0.6) is 5.75 Å². The van der Waals surface area contributed by atoms with E-state index in [2.05, 4.69) is 17.1 Å². The second kappa shape index (κ2) is 7.93. The first-order valence-electron chi connectivity index (χ1n) is 10.6. The van der Waals surface area contributed by atoms with Gasteiger partial charge in [0.1, 0.15) is 11.8 Å². The predicted octanol–water partition coefficient (Wildman–Crippen LogP) is 4.37. The maximum atomic E-state index is 14.1. The van der Waals surface area contributed by atoms with Gasteiger partial charge in [-0.05, 0) is 47.5 Å². The summed E-state index contributed by atoms with van der Waals surface area (Å²) < 4.78 is 5.24. The Morgan fingerprint density at radius 1 is 1.06 bits per heavy atom. The number of nitrogens with zero attached hydrogens (tertiary/aromatic N) is 4. The van der Waals surface area contributed by atoms with Crippen LogP contribution in [0.3, 0.4) is 0 Å². The van der Waals surface area contributed by atoms with Crippen molar-refractivity contribution in [2.75, 3.05) is 12.0 Å². The molecule has 0 N–H and O–H groups in total. The first-order chi connectivity index (χ1) is 16.1. The maximum absolute atomic E-state index is 14.1. The van der Waals surface area contributed by atoms with Gasteiger partial charge in [0, 0.05) is 29.6 Å². The van der Waals surface area contributed by atoms with E-state index in [0.29, 0.717) is 16.9 Å². The van der Waals surface area contributed by atoms with Gasteiger partial charge in [-0.25, -0.2) is 0 Å². The molecule has 1 fully saturated rings. The van der Waals surface area contributed by atoms with Crippen LogP contribution < -0.4 is 9.64 Å². The summed E-state index contributed by atoms with van der Waals surface area (Å²) in [5, 5.41) is 20.8. The number of ketones is 1. The Kier molecular flexibility index (Phi) is 4.92. The van der Waals surface area contributed by atoms with E-state index in [-0.39, 0.29) is 5.78 Å². The van der Waals surface area contributed by atoms with E-state index in [1.807, 2.05) is 47.4 Å². The van der Waals surface area contributed by atoms with Crippen molar-refractivity contribution in [3.8, 4) is 17.9 Å². The molecule has 6 heteroatoms. The van der Waals surface area contributed by atoms with Gasteiger partial charge in [-0.2, -0.15) is 10.5 Å². The third-order valence-electron chi connectivity index (χ3n) is 6.60. The number of hydrogen-bond donors (Lipinski definition) is 0. The fourth-order valence-corrected chi connectivity index (χ4v) is 5.09. The largest absolute Gasteiger partial charge is 0.497 e. The Balaban J connectivity index is 1.75. The first-order valence-corrected chi connectivity index (χ1v) is 10.6. The SMILES string of the molecule is COc1ccc(C(=O)[C@H]2[C@H](c3cccnc3)C(C#N)(C#N)[C@@H]3C=Cc4ccccc4N32)cc1. The lowest BCUT2D eigenvalue weighted by atomic mass is 9.69. The molecule has 1 aromatic heterocycles. The van der Waals surface area contributed by atoms with Crippen molar-refractivity contribution < 1.29 is 9.53 Å². The van der Waals surface area contributed by atoms with Crippen LogP contribution in [-0.2, 0) is 0 Å². The molecule has 0 amide bonds.